The second-order valence-corrected chi connectivity index (χ2v) is 17.3. The van der Waals surface area contributed by atoms with E-state index >= 15 is 0 Å². The molecule has 22 nitrogen and oxygen atoms in total. The van der Waals surface area contributed by atoms with E-state index in [0.29, 0.717) is 18.2 Å². The molecule has 0 saturated carbocycles. The van der Waals surface area contributed by atoms with E-state index in [0.717, 1.165) is 4.90 Å². The van der Waals surface area contributed by atoms with Crippen molar-refractivity contribution in [1.82, 2.24) is 47.1 Å². The number of amides is 8. The van der Waals surface area contributed by atoms with Crippen molar-refractivity contribution >= 4 is 75.3 Å². The zero-order valence-corrected chi connectivity index (χ0v) is 35.4. The lowest BCUT2D eigenvalue weighted by Crippen LogP contribution is -2.61. The summed E-state index contributed by atoms with van der Waals surface area (Å²) in [5.41, 5.74) is 0.368. The number of aromatic amines is 1. The van der Waals surface area contributed by atoms with Crippen LogP contribution in [0, 0.1) is 11.8 Å². The van der Waals surface area contributed by atoms with Gasteiger partial charge in [0.2, 0.25) is 52.3 Å². The number of phenols is 1. The molecule has 3 aliphatic rings. The molecule has 11 N–H and O–H groups in total. The number of hydrogen-bond acceptors (Lipinski definition) is 12. The van der Waals surface area contributed by atoms with Gasteiger partial charge < -0.3 is 67.0 Å². The standard InChI is InChI=1S/C39H53N9O13S/c1-5-17(3)31-36(58)41-13-28(51)42-26-16-62(61)38-22(21-8-7-19(49)9-23(21)45-38)11-24(33(55)40-14-29(52)46-31)43-37(59)32(18(4)6-2)47-35(57)27-10-20(50)15-48(27)39(60)25(12-30(53)54)44-34(26)56/h7-9,17-18,20,24-27,31-32,45,49-50H,5-6,10-16H2,1-4H3,(H,40,55)(H,41,58)(H,42,51)(H,43,59)(H,44,56)(H,46,52)(H,47,57)(H,53,54). The summed E-state index contributed by atoms with van der Waals surface area (Å²) in [4.78, 5) is 127. The third kappa shape index (κ3) is 11.1. The Hall–Kier alpha value is -5.94. The van der Waals surface area contributed by atoms with Gasteiger partial charge in [0.25, 0.3) is 0 Å². The van der Waals surface area contributed by atoms with Crippen molar-refractivity contribution in [2.24, 2.45) is 11.8 Å². The number of carboxylic acid groups (broad SMARTS) is 1. The summed E-state index contributed by atoms with van der Waals surface area (Å²) >= 11 is -2.34. The van der Waals surface area contributed by atoms with Gasteiger partial charge in [0.1, 0.15) is 41.7 Å². The van der Waals surface area contributed by atoms with Crippen molar-refractivity contribution in [2.45, 2.75) is 107 Å². The summed E-state index contributed by atoms with van der Waals surface area (Å²) in [5, 5.41) is 48.4. The predicted molar refractivity (Wildman–Crippen MR) is 218 cm³/mol. The average Bonchev–Trinajstić information content (AvgIpc) is 3.80. The Kier molecular flexibility index (Phi) is 15.4. The number of aromatic hydroxyl groups is 1. The molecule has 10 atom stereocenters. The number of phenolic OH excluding ortho intramolecular Hbond substituents is 1. The maximum absolute atomic E-state index is 14.5. The van der Waals surface area contributed by atoms with Crippen molar-refractivity contribution in [1.29, 1.82) is 0 Å². The number of hydrogen-bond donors (Lipinski definition) is 11. The van der Waals surface area contributed by atoms with Crippen molar-refractivity contribution in [3.63, 3.8) is 0 Å². The molecular formula is C39H53N9O13S. The lowest BCUT2D eigenvalue weighted by molar-refractivity contribution is -0.146. The number of nitrogens with one attached hydrogen (secondary N) is 8. The molecule has 1 saturated heterocycles. The smallest absolute Gasteiger partial charge is 0.305 e. The van der Waals surface area contributed by atoms with E-state index in [9.17, 15) is 63.0 Å². The molecule has 23 heteroatoms. The molecule has 1 fully saturated rings. The van der Waals surface area contributed by atoms with Gasteiger partial charge in [0.15, 0.2) is 6.04 Å². The highest BCUT2D eigenvalue weighted by Gasteiger charge is 2.45. The molecule has 1 aromatic carbocycles. The fourth-order valence-electron chi connectivity index (χ4n) is 7.55. The molecule has 0 aliphatic carbocycles. The van der Waals surface area contributed by atoms with E-state index in [-0.39, 0.29) is 28.3 Å². The Labute approximate surface area is 358 Å². The van der Waals surface area contributed by atoms with Gasteiger partial charge in [0.05, 0.1) is 31.1 Å². The monoisotopic (exact) mass is 887 g/mol. The van der Waals surface area contributed by atoms with E-state index in [1.54, 1.807) is 27.7 Å². The average molecular weight is 888 g/mol. The molecule has 10 unspecified atom stereocenters. The fraction of sp³-hybridized carbons (Fsp3) is 0.564. The Morgan fingerprint density at radius 3 is 2.10 bits per heavy atom. The first-order chi connectivity index (χ1) is 29.3. The molecule has 2 bridgehead atoms. The van der Waals surface area contributed by atoms with Gasteiger partial charge >= 0.3 is 5.97 Å². The lowest BCUT2D eigenvalue weighted by atomic mass is 9.96. The number of carboxylic acids is 1. The fourth-order valence-corrected chi connectivity index (χ4v) is 8.95. The first-order valence-electron chi connectivity index (χ1n) is 20.3. The topological polar surface area (TPSA) is 341 Å². The molecule has 62 heavy (non-hydrogen) atoms. The number of aromatic nitrogens is 1. The molecule has 0 spiro atoms. The minimum Gasteiger partial charge on any atom is -0.610 e. The van der Waals surface area contributed by atoms with Crippen molar-refractivity contribution < 1.29 is 63.0 Å². The van der Waals surface area contributed by atoms with Gasteiger partial charge in [-0.05, 0) is 24.0 Å². The van der Waals surface area contributed by atoms with Crippen LogP contribution in [0.5, 0.6) is 5.75 Å². The number of rotatable bonds is 6. The largest absolute Gasteiger partial charge is 0.610 e. The van der Waals surface area contributed by atoms with E-state index in [4.69, 9.17) is 0 Å². The van der Waals surface area contributed by atoms with Gasteiger partial charge in [-0.15, -0.1) is 0 Å². The first kappa shape index (κ1) is 47.1. The normalized spacial score (nSPS) is 28.5. The van der Waals surface area contributed by atoms with Gasteiger partial charge in [0, 0.05) is 47.6 Å². The molecule has 1 aromatic heterocycles. The van der Waals surface area contributed by atoms with Crippen molar-refractivity contribution in [3.05, 3.63) is 23.8 Å². The molecule has 338 valence electrons. The molecule has 5 rings (SSSR count). The van der Waals surface area contributed by atoms with E-state index in [1.807, 2.05) is 0 Å². The second-order valence-electron chi connectivity index (χ2n) is 15.9. The van der Waals surface area contributed by atoms with Gasteiger partial charge in [-0.25, -0.2) is 0 Å². The number of nitrogens with zero attached hydrogens (tertiary/aromatic N) is 1. The van der Waals surface area contributed by atoms with Gasteiger partial charge in [-0.2, -0.15) is 0 Å². The summed E-state index contributed by atoms with van der Waals surface area (Å²) in [6.07, 6.45) is -2.34. The van der Waals surface area contributed by atoms with Crippen LogP contribution in [0.15, 0.2) is 23.2 Å². The predicted octanol–water partition coefficient (Wildman–Crippen LogP) is -3.26. The van der Waals surface area contributed by atoms with Crippen LogP contribution in [-0.2, 0) is 60.7 Å². The molecule has 3 aliphatic heterocycles. The summed E-state index contributed by atoms with van der Waals surface area (Å²) in [6.45, 7) is 4.90. The maximum Gasteiger partial charge on any atom is 0.305 e. The number of aliphatic carboxylic acids is 1. The number of carbonyl (C=O) groups excluding carboxylic acids is 8. The summed E-state index contributed by atoms with van der Waals surface area (Å²) in [7, 11) is 0. The van der Waals surface area contributed by atoms with Gasteiger partial charge in [-0.3, -0.25) is 43.2 Å². The summed E-state index contributed by atoms with van der Waals surface area (Å²) in [5.74, 6) is -11.1. The number of fused-ring (bicyclic) bond motifs is 5. The Bertz CT molecular complexity index is 2100. The van der Waals surface area contributed by atoms with Crippen LogP contribution in [0.4, 0.5) is 0 Å². The summed E-state index contributed by atoms with van der Waals surface area (Å²) in [6, 6.07) is -5.22. The van der Waals surface area contributed by atoms with Crippen molar-refractivity contribution in [3.8, 4) is 5.75 Å². The zero-order chi connectivity index (χ0) is 45.6. The van der Waals surface area contributed by atoms with Crippen molar-refractivity contribution in [2.75, 3.05) is 25.4 Å². The molecule has 8 amide bonds. The first-order valence-corrected chi connectivity index (χ1v) is 21.6. The van der Waals surface area contributed by atoms with Crippen LogP contribution in [0.25, 0.3) is 10.9 Å². The summed E-state index contributed by atoms with van der Waals surface area (Å²) < 4.78 is 14.5. The minimum absolute atomic E-state index is 0.117. The third-order valence-corrected chi connectivity index (χ3v) is 12.8. The Morgan fingerprint density at radius 2 is 1.45 bits per heavy atom. The number of benzene rings is 1. The lowest BCUT2D eigenvalue weighted by Gasteiger charge is -2.31. The number of aliphatic hydroxyl groups is 1. The number of aliphatic hydroxyl groups excluding tert-OH is 1. The molecular weight excluding hydrogens is 835 g/mol. The van der Waals surface area contributed by atoms with Crippen LogP contribution in [-0.4, -0.2) is 151 Å². The SMILES string of the molecule is CCC(C)C1NC(=O)CNC(=O)C2Cc3c([nH]c4cc(O)ccc34)[S+]([O-])CC(NC(=O)CNC1=O)C(=O)NC(CC(=O)O)C(=O)N1CC(O)CC1C(=O)NC(C(C)CC)C(=O)N2. The highest BCUT2D eigenvalue weighted by Crippen LogP contribution is 2.31. The second kappa shape index (κ2) is 20.3. The molecule has 0 radical (unpaired) electrons. The minimum atomic E-state index is -2.34. The van der Waals surface area contributed by atoms with Crippen LogP contribution < -0.4 is 37.2 Å². The Morgan fingerprint density at radius 1 is 0.823 bits per heavy atom. The highest BCUT2D eigenvalue weighted by atomic mass is 32.2. The van der Waals surface area contributed by atoms with E-state index in [1.165, 1.54) is 18.2 Å². The van der Waals surface area contributed by atoms with Crippen LogP contribution >= 0.6 is 0 Å². The van der Waals surface area contributed by atoms with Crippen LogP contribution in [0.3, 0.4) is 0 Å². The quantitative estimate of drug-likeness (QED) is 0.127. The highest BCUT2D eigenvalue weighted by molar-refractivity contribution is 7.91. The molecule has 4 heterocycles. The van der Waals surface area contributed by atoms with Crippen LogP contribution in [0.1, 0.15) is 58.9 Å². The Balaban J connectivity index is 1.71. The molecule has 2 aromatic rings. The van der Waals surface area contributed by atoms with Crippen LogP contribution in [0.2, 0.25) is 0 Å². The zero-order valence-electron chi connectivity index (χ0n) is 34.6. The number of carbonyl (C=O) groups is 9. The van der Waals surface area contributed by atoms with E-state index in [2.05, 4.69) is 42.2 Å². The van der Waals surface area contributed by atoms with Gasteiger partial charge in [-0.1, -0.05) is 40.5 Å². The van der Waals surface area contributed by atoms with E-state index < -0.39 is 157 Å². The maximum atomic E-state index is 14.5. The number of H-pyrrole nitrogens is 1. The third-order valence-electron chi connectivity index (χ3n) is 11.4.